The summed E-state index contributed by atoms with van der Waals surface area (Å²) >= 11 is 0. The fraction of sp³-hybridized carbons (Fsp3) is 0.529. The smallest absolute Gasteiger partial charge is 0.311 e. The van der Waals surface area contributed by atoms with E-state index in [9.17, 15) is 14.7 Å². The van der Waals surface area contributed by atoms with Crippen LogP contribution in [0, 0.1) is 11.3 Å². The lowest BCUT2D eigenvalue weighted by molar-refractivity contribution is -0.150. The van der Waals surface area contributed by atoms with Gasteiger partial charge in [-0.3, -0.25) is 9.59 Å². The molecule has 0 saturated carbocycles. The molecule has 1 heterocycles. The van der Waals surface area contributed by atoms with Crippen molar-refractivity contribution >= 4 is 11.9 Å². The Morgan fingerprint density at radius 2 is 2.14 bits per heavy atom. The second kappa shape index (κ2) is 6.38. The molecule has 0 aromatic heterocycles. The number of ether oxygens (including phenoxy) is 1. The molecule has 0 bridgehead atoms. The lowest BCUT2D eigenvalue weighted by atomic mass is 9.76. The van der Waals surface area contributed by atoms with E-state index in [0.29, 0.717) is 30.9 Å². The summed E-state index contributed by atoms with van der Waals surface area (Å²) in [5, 5.41) is 9.56. The molecule has 1 unspecified atom stereocenters. The molecule has 22 heavy (non-hydrogen) atoms. The van der Waals surface area contributed by atoms with Gasteiger partial charge in [0.2, 0.25) is 0 Å². The normalized spacial score (nSPS) is 21.2. The summed E-state index contributed by atoms with van der Waals surface area (Å²) in [4.78, 5) is 25.9. The number of nitrogens with zero attached hydrogens (tertiary/aromatic N) is 1. The lowest BCUT2D eigenvalue weighted by Crippen LogP contribution is -2.40. The van der Waals surface area contributed by atoms with Crippen molar-refractivity contribution in [2.45, 2.75) is 27.2 Å². The summed E-state index contributed by atoms with van der Waals surface area (Å²) in [5.74, 6) is -0.315. The fourth-order valence-corrected chi connectivity index (χ4v) is 2.97. The largest absolute Gasteiger partial charge is 0.494 e. The summed E-state index contributed by atoms with van der Waals surface area (Å²) in [6.07, 6.45) is 0.497. The number of aliphatic carboxylic acids is 1. The number of carboxylic acids is 1. The van der Waals surface area contributed by atoms with Crippen LogP contribution < -0.4 is 4.74 Å². The first-order valence-electron chi connectivity index (χ1n) is 7.66. The number of rotatable bonds is 5. The van der Waals surface area contributed by atoms with Gasteiger partial charge in [-0.25, -0.2) is 0 Å². The minimum atomic E-state index is -0.840. The number of carbonyl (C=O) groups is 2. The van der Waals surface area contributed by atoms with Gasteiger partial charge in [0.05, 0.1) is 12.0 Å². The highest BCUT2D eigenvalue weighted by Gasteiger charge is 2.48. The third kappa shape index (κ3) is 2.93. The van der Waals surface area contributed by atoms with Crippen LogP contribution in [0.4, 0.5) is 0 Å². The van der Waals surface area contributed by atoms with Crippen LogP contribution in [0.15, 0.2) is 24.3 Å². The van der Waals surface area contributed by atoms with Gasteiger partial charge in [-0.15, -0.1) is 0 Å². The maximum absolute atomic E-state index is 12.6. The van der Waals surface area contributed by atoms with Gasteiger partial charge in [-0.1, -0.05) is 19.9 Å². The summed E-state index contributed by atoms with van der Waals surface area (Å²) in [6.45, 7) is 6.96. The van der Waals surface area contributed by atoms with Crippen molar-refractivity contribution in [1.29, 1.82) is 0 Å². The van der Waals surface area contributed by atoms with E-state index in [0.717, 1.165) is 0 Å². The van der Waals surface area contributed by atoms with E-state index in [-0.39, 0.29) is 18.4 Å². The van der Waals surface area contributed by atoms with Gasteiger partial charge < -0.3 is 14.7 Å². The minimum absolute atomic E-state index is 0.0161. The molecule has 1 fully saturated rings. The molecule has 1 amide bonds. The van der Waals surface area contributed by atoms with E-state index in [1.807, 2.05) is 20.8 Å². The molecule has 5 heteroatoms. The van der Waals surface area contributed by atoms with E-state index in [1.165, 1.54) is 0 Å². The van der Waals surface area contributed by atoms with Gasteiger partial charge in [-0.2, -0.15) is 0 Å². The molecule has 120 valence electrons. The highest BCUT2D eigenvalue weighted by Crippen LogP contribution is 2.38. The Hall–Kier alpha value is -2.04. The molecule has 0 aliphatic carbocycles. The van der Waals surface area contributed by atoms with Gasteiger partial charge in [0, 0.05) is 18.7 Å². The Morgan fingerprint density at radius 1 is 1.41 bits per heavy atom. The number of carboxylic acid groups (broad SMARTS) is 1. The second-order valence-electron chi connectivity index (χ2n) is 6.05. The molecule has 1 aromatic carbocycles. The average Bonchev–Trinajstić information content (AvgIpc) is 2.94. The molecule has 1 aliphatic rings. The number of amides is 1. The van der Waals surface area contributed by atoms with Crippen LogP contribution in [-0.4, -0.2) is 41.6 Å². The van der Waals surface area contributed by atoms with Crippen molar-refractivity contribution in [1.82, 2.24) is 4.90 Å². The van der Waals surface area contributed by atoms with E-state index in [1.54, 1.807) is 29.2 Å². The van der Waals surface area contributed by atoms with E-state index in [2.05, 4.69) is 0 Å². The van der Waals surface area contributed by atoms with Crippen LogP contribution in [0.5, 0.6) is 5.75 Å². The molecule has 1 N–H and O–H groups in total. The number of likely N-dealkylation sites (tertiary alicyclic amines) is 1. The predicted molar refractivity (Wildman–Crippen MR) is 83.0 cm³/mol. The standard InChI is InChI=1S/C17H23NO4/c1-4-22-14-7-5-6-13(10-14)15(19)18-9-8-17(11-18,12(2)3)16(20)21/h5-7,10,12H,4,8-9,11H2,1-3H3,(H,20,21). The Kier molecular flexibility index (Phi) is 4.74. The molecule has 0 radical (unpaired) electrons. The number of carbonyl (C=O) groups excluding carboxylic acids is 1. The van der Waals surface area contributed by atoms with Gasteiger partial charge in [-0.05, 0) is 37.5 Å². The van der Waals surface area contributed by atoms with Crippen LogP contribution >= 0.6 is 0 Å². The molecule has 1 aliphatic heterocycles. The van der Waals surface area contributed by atoms with Crippen LogP contribution in [0.3, 0.4) is 0 Å². The monoisotopic (exact) mass is 305 g/mol. The highest BCUT2D eigenvalue weighted by molar-refractivity contribution is 5.95. The van der Waals surface area contributed by atoms with E-state index < -0.39 is 11.4 Å². The highest BCUT2D eigenvalue weighted by atomic mass is 16.5. The summed E-state index contributed by atoms with van der Waals surface area (Å²) < 4.78 is 5.41. The van der Waals surface area contributed by atoms with Crippen molar-refractivity contribution in [3.8, 4) is 5.75 Å². The van der Waals surface area contributed by atoms with Gasteiger partial charge in [0.1, 0.15) is 5.75 Å². The summed E-state index contributed by atoms with van der Waals surface area (Å²) in [7, 11) is 0. The van der Waals surface area contributed by atoms with Crippen molar-refractivity contribution in [3.05, 3.63) is 29.8 Å². The molecule has 2 rings (SSSR count). The zero-order valence-electron chi connectivity index (χ0n) is 13.3. The molecule has 1 saturated heterocycles. The Bertz CT molecular complexity index is 570. The first-order valence-corrected chi connectivity index (χ1v) is 7.66. The molecular weight excluding hydrogens is 282 g/mol. The topological polar surface area (TPSA) is 66.8 Å². The molecular formula is C17H23NO4. The van der Waals surface area contributed by atoms with Crippen LogP contribution in [0.1, 0.15) is 37.6 Å². The zero-order valence-corrected chi connectivity index (χ0v) is 13.3. The van der Waals surface area contributed by atoms with Crippen LogP contribution in [0.25, 0.3) is 0 Å². The average molecular weight is 305 g/mol. The van der Waals surface area contributed by atoms with Crippen molar-refractivity contribution in [2.24, 2.45) is 11.3 Å². The molecule has 5 nitrogen and oxygen atoms in total. The van der Waals surface area contributed by atoms with Crippen LogP contribution in [0.2, 0.25) is 0 Å². The molecule has 0 spiro atoms. The maximum Gasteiger partial charge on any atom is 0.311 e. The van der Waals surface area contributed by atoms with Gasteiger partial charge >= 0.3 is 5.97 Å². The number of benzene rings is 1. The van der Waals surface area contributed by atoms with Gasteiger partial charge in [0.25, 0.3) is 5.91 Å². The maximum atomic E-state index is 12.6. The first kappa shape index (κ1) is 16.3. The van der Waals surface area contributed by atoms with E-state index in [4.69, 9.17) is 4.74 Å². The predicted octanol–water partition coefficient (Wildman–Crippen LogP) is 2.66. The number of hydrogen-bond donors (Lipinski definition) is 1. The Morgan fingerprint density at radius 3 is 2.68 bits per heavy atom. The zero-order chi connectivity index (χ0) is 16.3. The Balaban J connectivity index is 2.18. The number of hydrogen-bond acceptors (Lipinski definition) is 3. The molecule has 1 atom stereocenters. The van der Waals surface area contributed by atoms with Crippen molar-refractivity contribution in [3.63, 3.8) is 0 Å². The quantitative estimate of drug-likeness (QED) is 0.908. The lowest BCUT2D eigenvalue weighted by Gasteiger charge is -2.28. The Labute approximate surface area is 130 Å². The molecule has 1 aromatic rings. The van der Waals surface area contributed by atoms with Crippen molar-refractivity contribution in [2.75, 3.05) is 19.7 Å². The fourth-order valence-electron chi connectivity index (χ4n) is 2.97. The third-order valence-corrected chi connectivity index (χ3v) is 4.51. The minimum Gasteiger partial charge on any atom is -0.494 e. The third-order valence-electron chi connectivity index (χ3n) is 4.51. The second-order valence-corrected chi connectivity index (χ2v) is 6.05. The SMILES string of the molecule is CCOc1cccc(C(=O)N2CCC(C(=O)O)(C(C)C)C2)c1. The van der Waals surface area contributed by atoms with Crippen LogP contribution in [-0.2, 0) is 4.79 Å². The van der Waals surface area contributed by atoms with Crippen molar-refractivity contribution < 1.29 is 19.4 Å². The van der Waals surface area contributed by atoms with E-state index >= 15 is 0 Å². The summed E-state index contributed by atoms with van der Waals surface area (Å²) in [6, 6.07) is 7.03. The van der Waals surface area contributed by atoms with Gasteiger partial charge in [0.15, 0.2) is 0 Å². The first-order chi connectivity index (χ1) is 10.4. The summed E-state index contributed by atoms with van der Waals surface area (Å²) in [5.41, 5.74) is -0.302.